The van der Waals surface area contributed by atoms with Gasteiger partial charge >= 0.3 is 0 Å². The number of carbonyl (C=O) groups is 1. The number of anilines is 1. The van der Waals surface area contributed by atoms with Gasteiger partial charge in [0.2, 0.25) is 0 Å². The molecule has 144 valence electrons. The van der Waals surface area contributed by atoms with Crippen LogP contribution in [-0.2, 0) is 4.74 Å². The largest absolute Gasteiger partial charge is 0.397 e. The Balaban J connectivity index is 0.00000240. The molecule has 3 aromatic rings. The second-order valence-electron chi connectivity index (χ2n) is 6.92. The number of hydrogen-bond acceptors (Lipinski definition) is 5. The summed E-state index contributed by atoms with van der Waals surface area (Å²) in [4.78, 5) is 16.8. The van der Waals surface area contributed by atoms with E-state index in [0.717, 1.165) is 30.2 Å². The standard InChI is InChI=1S/C22H22N4O2.H2/c23-18-9-10-19(22(27)25-13-17-6-3-11-28-17)26-21(18)20(24)16-8-7-14-4-1-2-5-15(14)12-16;/h1-2,4-5,7-10,12,17,24H,3,6,11,13,23H2,(H,25,27);1H. The number of aromatic nitrogens is 1. The molecule has 1 amide bonds. The van der Waals surface area contributed by atoms with E-state index < -0.39 is 0 Å². The number of rotatable bonds is 5. The Bertz CT molecular complexity index is 1050. The minimum absolute atomic E-state index is 0. The monoisotopic (exact) mass is 376 g/mol. The molecule has 6 heteroatoms. The number of nitrogens with zero attached hydrogens (tertiary/aromatic N) is 1. The van der Waals surface area contributed by atoms with Gasteiger partial charge in [0.05, 0.1) is 17.5 Å². The normalized spacial score (nSPS) is 16.2. The topological polar surface area (TPSA) is 101 Å². The van der Waals surface area contributed by atoms with Crippen molar-refractivity contribution in [3.05, 3.63) is 71.5 Å². The Hall–Kier alpha value is -3.25. The van der Waals surface area contributed by atoms with Gasteiger partial charge in [0.25, 0.3) is 5.91 Å². The zero-order chi connectivity index (χ0) is 19.5. The maximum absolute atomic E-state index is 12.5. The molecular formula is C22H24N4O2. The van der Waals surface area contributed by atoms with Gasteiger partial charge in [-0.2, -0.15) is 0 Å². The van der Waals surface area contributed by atoms with E-state index in [1.54, 1.807) is 12.1 Å². The number of carbonyl (C=O) groups excluding carboxylic acids is 1. The Kier molecular flexibility index (Phi) is 5.04. The van der Waals surface area contributed by atoms with Crippen molar-refractivity contribution in [2.45, 2.75) is 18.9 Å². The fourth-order valence-corrected chi connectivity index (χ4v) is 3.38. The first-order valence-electron chi connectivity index (χ1n) is 9.36. The van der Waals surface area contributed by atoms with E-state index in [1.165, 1.54) is 0 Å². The van der Waals surface area contributed by atoms with Crippen LogP contribution in [0.3, 0.4) is 0 Å². The minimum atomic E-state index is -0.289. The van der Waals surface area contributed by atoms with Crippen LogP contribution in [0.2, 0.25) is 0 Å². The summed E-state index contributed by atoms with van der Waals surface area (Å²) in [6.07, 6.45) is 2.04. The number of benzene rings is 2. The molecule has 1 aromatic heterocycles. The van der Waals surface area contributed by atoms with E-state index >= 15 is 0 Å². The molecule has 1 unspecified atom stereocenters. The first kappa shape index (κ1) is 18.1. The lowest BCUT2D eigenvalue weighted by Crippen LogP contribution is -2.32. The molecule has 1 atom stereocenters. The average molecular weight is 376 g/mol. The third-order valence-electron chi connectivity index (χ3n) is 4.95. The molecule has 28 heavy (non-hydrogen) atoms. The van der Waals surface area contributed by atoms with Crippen LogP contribution < -0.4 is 11.1 Å². The number of ether oxygens (including phenoxy) is 1. The Morgan fingerprint density at radius 1 is 1.21 bits per heavy atom. The van der Waals surface area contributed by atoms with Gasteiger partial charge in [-0.15, -0.1) is 0 Å². The molecule has 6 nitrogen and oxygen atoms in total. The van der Waals surface area contributed by atoms with Gasteiger partial charge in [-0.05, 0) is 41.8 Å². The zero-order valence-corrected chi connectivity index (χ0v) is 15.4. The van der Waals surface area contributed by atoms with Gasteiger partial charge in [-0.3, -0.25) is 10.2 Å². The van der Waals surface area contributed by atoms with Crippen molar-refractivity contribution >= 4 is 28.1 Å². The van der Waals surface area contributed by atoms with E-state index in [4.69, 9.17) is 15.9 Å². The highest BCUT2D eigenvalue weighted by Crippen LogP contribution is 2.20. The van der Waals surface area contributed by atoms with Crippen molar-refractivity contribution in [3.63, 3.8) is 0 Å². The summed E-state index contributed by atoms with van der Waals surface area (Å²) in [5.41, 5.74) is 7.87. The SMILES string of the molecule is N=C(c1ccc2ccccc2c1)c1nc(C(=O)NCC2CCCO2)ccc1N.[HH]. The maximum Gasteiger partial charge on any atom is 0.269 e. The fraction of sp³-hybridized carbons (Fsp3) is 0.227. The third kappa shape index (κ3) is 3.73. The lowest BCUT2D eigenvalue weighted by atomic mass is 10.0. The molecule has 0 radical (unpaired) electrons. The molecule has 1 fully saturated rings. The van der Waals surface area contributed by atoms with E-state index in [1.807, 2.05) is 42.5 Å². The van der Waals surface area contributed by atoms with Gasteiger partial charge in [0.15, 0.2) is 0 Å². The molecule has 1 aliphatic rings. The lowest BCUT2D eigenvalue weighted by molar-refractivity contribution is 0.0853. The summed E-state index contributed by atoms with van der Waals surface area (Å²) in [6, 6.07) is 16.9. The maximum atomic E-state index is 12.5. The molecule has 4 rings (SSSR count). The third-order valence-corrected chi connectivity index (χ3v) is 4.95. The van der Waals surface area contributed by atoms with Crippen LogP contribution in [0.4, 0.5) is 5.69 Å². The smallest absolute Gasteiger partial charge is 0.269 e. The number of pyridine rings is 1. The van der Waals surface area contributed by atoms with Gasteiger partial charge in [-0.1, -0.05) is 36.4 Å². The molecule has 0 aliphatic carbocycles. The molecule has 2 aromatic carbocycles. The molecular weight excluding hydrogens is 352 g/mol. The average Bonchev–Trinajstić information content (AvgIpc) is 3.25. The number of nitrogens with two attached hydrogens (primary N) is 1. The van der Waals surface area contributed by atoms with Crippen LogP contribution in [0.1, 0.15) is 36.0 Å². The highest BCUT2D eigenvalue weighted by molar-refractivity contribution is 6.14. The molecule has 1 aliphatic heterocycles. The van der Waals surface area contributed by atoms with Crippen molar-refractivity contribution in [2.24, 2.45) is 0 Å². The summed E-state index contributed by atoms with van der Waals surface area (Å²) in [5, 5.41) is 13.6. The molecule has 2 heterocycles. The highest BCUT2D eigenvalue weighted by Gasteiger charge is 2.19. The van der Waals surface area contributed by atoms with Crippen LogP contribution in [0.5, 0.6) is 0 Å². The second-order valence-corrected chi connectivity index (χ2v) is 6.92. The number of fused-ring (bicyclic) bond motifs is 1. The first-order valence-corrected chi connectivity index (χ1v) is 9.36. The van der Waals surface area contributed by atoms with E-state index in [2.05, 4.69) is 10.3 Å². The number of nitrogen functional groups attached to an aromatic ring is 1. The number of nitrogens with one attached hydrogen (secondary N) is 2. The van der Waals surface area contributed by atoms with Gasteiger partial charge in [0.1, 0.15) is 11.4 Å². The van der Waals surface area contributed by atoms with Gasteiger partial charge < -0.3 is 15.8 Å². The van der Waals surface area contributed by atoms with Crippen molar-refractivity contribution < 1.29 is 11.0 Å². The van der Waals surface area contributed by atoms with Crippen molar-refractivity contribution in [2.75, 3.05) is 18.9 Å². The van der Waals surface area contributed by atoms with Gasteiger partial charge in [0, 0.05) is 20.1 Å². The van der Waals surface area contributed by atoms with Crippen LogP contribution >= 0.6 is 0 Å². The molecule has 4 N–H and O–H groups in total. The highest BCUT2D eigenvalue weighted by atomic mass is 16.5. The van der Waals surface area contributed by atoms with Crippen LogP contribution in [-0.4, -0.2) is 35.9 Å². The zero-order valence-electron chi connectivity index (χ0n) is 15.4. The second kappa shape index (κ2) is 7.78. The molecule has 0 bridgehead atoms. The molecule has 0 spiro atoms. The Morgan fingerprint density at radius 3 is 2.82 bits per heavy atom. The van der Waals surface area contributed by atoms with Crippen molar-refractivity contribution in [1.29, 1.82) is 5.41 Å². The summed E-state index contributed by atoms with van der Waals surface area (Å²) < 4.78 is 5.52. The van der Waals surface area contributed by atoms with E-state index in [9.17, 15) is 4.79 Å². The Labute approximate surface area is 164 Å². The summed E-state index contributed by atoms with van der Waals surface area (Å²) in [6.45, 7) is 1.20. The van der Waals surface area contributed by atoms with Crippen LogP contribution in [0.25, 0.3) is 10.8 Å². The Morgan fingerprint density at radius 2 is 2.04 bits per heavy atom. The predicted molar refractivity (Wildman–Crippen MR) is 112 cm³/mol. The van der Waals surface area contributed by atoms with Gasteiger partial charge in [-0.25, -0.2) is 4.98 Å². The summed E-state index contributed by atoms with van der Waals surface area (Å²) >= 11 is 0. The van der Waals surface area contributed by atoms with Crippen molar-refractivity contribution in [1.82, 2.24) is 10.3 Å². The first-order chi connectivity index (χ1) is 13.6. The predicted octanol–water partition coefficient (Wildman–Crippen LogP) is 3.39. The summed E-state index contributed by atoms with van der Waals surface area (Å²) in [7, 11) is 0. The van der Waals surface area contributed by atoms with E-state index in [0.29, 0.717) is 23.5 Å². The fourth-order valence-electron chi connectivity index (χ4n) is 3.38. The number of hydrogen-bond donors (Lipinski definition) is 3. The number of amides is 1. The van der Waals surface area contributed by atoms with E-state index in [-0.39, 0.29) is 24.8 Å². The quantitative estimate of drug-likeness (QED) is 0.594. The lowest BCUT2D eigenvalue weighted by Gasteiger charge is -2.12. The van der Waals surface area contributed by atoms with Crippen LogP contribution in [0, 0.1) is 5.41 Å². The van der Waals surface area contributed by atoms with Crippen LogP contribution in [0.15, 0.2) is 54.6 Å². The molecule has 1 saturated heterocycles. The van der Waals surface area contributed by atoms with Crippen molar-refractivity contribution in [3.8, 4) is 0 Å². The minimum Gasteiger partial charge on any atom is -0.397 e. The summed E-state index contributed by atoms with van der Waals surface area (Å²) in [5.74, 6) is -0.289. The molecule has 0 saturated carbocycles.